The van der Waals surface area contributed by atoms with Gasteiger partial charge in [0, 0.05) is 31.7 Å². The van der Waals surface area contributed by atoms with E-state index in [2.05, 4.69) is 15.0 Å². The van der Waals surface area contributed by atoms with Crippen LogP contribution in [0.1, 0.15) is 5.89 Å². The Morgan fingerprint density at radius 2 is 1.74 bits per heavy atom. The fourth-order valence-electron chi connectivity index (χ4n) is 3.28. The van der Waals surface area contributed by atoms with Crippen LogP contribution in [0.5, 0.6) is 5.75 Å². The van der Waals surface area contributed by atoms with Crippen molar-refractivity contribution in [3.05, 3.63) is 58.4 Å². The first-order chi connectivity index (χ1) is 14.9. The summed E-state index contributed by atoms with van der Waals surface area (Å²) in [6, 6.07) is 11.7. The van der Waals surface area contributed by atoms with Gasteiger partial charge in [0.05, 0.1) is 28.6 Å². The van der Waals surface area contributed by atoms with Crippen LogP contribution in [-0.4, -0.2) is 61.1 Å². The van der Waals surface area contributed by atoms with E-state index in [1.54, 1.807) is 7.11 Å². The zero-order valence-corrected chi connectivity index (χ0v) is 19.0. The minimum Gasteiger partial charge on any atom is -0.497 e. The molecule has 1 saturated heterocycles. The van der Waals surface area contributed by atoms with Gasteiger partial charge in [0.15, 0.2) is 0 Å². The second-order valence-electron chi connectivity index (χ2n) is 7.00. The van der Waals surface area contributed by atoms with Crippen LogP contribution in [0.4, 0.5) is 0 Å². The third kappa shape index (κ3) is 4.86. The summed E-state index contributed by atoms with van der Waals surface area (Å²) in [4.78, 5) is 6.66. The maximum Gasteiger partial charge on any atom is 0.243 e. The first-order valence-corrected chi connectivity index (χ1v) is 11.7. The van der Waals surface area contributed by atoms with Gasteiger partial charge in [-0.1, -0.05) is 28.4 Å². The summed E-state index contributed by atoms with van der Waals surface area (Å²) < 4.78 is 37.7. The molecule has 1 fully saturated rings. The van der Waals surface area contributed by atoms with E-state index in [0.717, 1.165) is 11.3 Å². The lowest BCUT2D eigenvalue weighted by atomic mass is 10.2. The predicted molar refractivity (Wildman–Crippen MR) is 117 cm³/mol. The molecule has 8 nitrogen and oxygen atoms in total. The molecule has 0 radical (unpaired) electrons. The van der Waals surface area contributed by atoms with Gasteiger partial charge in [-0.05, 0) is 42.5 Å². The number of piperazine rings is 1. The molecule has 0 N–H and O–H groups in total. The molecule has 0 spiro atoms. The van der Waals surface area contributed by atoms with Gasteiger partial charge in [-0.2, -0.15) is 9.29 Å². The minimum atomic E-state index is -3.63. The molecular formula is C20H20Cl2N4O4S. The van der Waals surface area contributed by atoms with Crippen LogP contribution in [0.15, 0.2) is 51.9 Å². The van der Waals surface area contributed by atoms with Gasteiger partial charge in [-0.3, -0.25) is 4.90 Å². The fourth-order valence-corrected chi connectivity index (χ4v) is 5.09. The van der Waals surface area contributed by atoms with Crippen molar-refractivity contribution in [2.45, 2.75) is 11.4 Å². The number of rotatable bonds is 6. The van der Waals surface area contributed by atoms with E-state index in [9.17, 15) is 8.42 Å². The van der Waals surface area contributed by atoms with E-state index in [1.807, 2.05) is 24.3 Å². The summed E-state index contributed by atoms with van der Waals surface area (Å²) in [6.07, 6.45) is 0. The van der Waals surface area contributed by atoms with Gasteiger partial charge < -0.3 is 9.26 Å². The van der Waals surface area contributed by atoms with E-state index in [4.69, 9.17) is 32.5 Å². The normalized spacial score (nSPS) is 15.8. The van der Waals surface area contributed by atoms with E-state index < -0.39 is 10.0 Å². The van der Waals surface area contributed by atoms with E-state index in [0.29, 0.717) is 49.5 Å². The first-order valence-electron chi connectivity index (χ1n) is 9.51. The van der Waals surface area contributed by atoms with Crippen molar-refractivity contribution in [3.8, 4) is 17.1 Å². The van der Waals surface area contributed by atoms with Crippen molar-refractivity contribution in [2.24, 2.45) is 0 Å². The summed E-state index contributed by atoms with van der Waals surface area (Å²) in [5, 5.41) is 4.57. The molecule has 0 saturated carbocycles. The molecular weight excluding hydrogens is 463 g/mol. The Balaban J connectivity index is 1.37. The molecule has 0 bridgehead atoms. The molecule has 4 rings (SSSR count). The van der Waals surface area contributed by atoms with E-state index in [1.165, 1.54) is 22.5 Å². The fraction of sp³-hybridized carbons (Fsp3) is 0.300. The third-order valence-electron chi connectivity index (χ3n) is 5.04. The lowest BCUT2D eigenvalue weighted by Gasteiger charge is -2.33. The molecule has 1 aliphatic rings. The molecule has 3 aromatic rings. The molecule has 11 heteroatoms. The summed E-state index contributed by atoms with van der Waals surface area (Å²) in [5.74, 6) is 1.73. The molecule has 0 aliphatic carbocycles. The largest absolute Gasteiger partial charge is 0.497 e. The van der Waals surface area contributed by atoms with Crippen LogP contribution in [0, 0.1) is 0 Å². The number of hydrogen-bond acceptors (Lipinski definition) is 7. The third-order valence-corrected chi connectivity index (χ3v) is 7.67. The molecule has 2 aromatic carbocycles. The minimum absolute atomic E-state index is 0.136. The van der Waals surface area contributed by atoms with Crippen LogP contribution >= 0.6 is 23.2 Å². The molecule has 1 aromatic heterocycles. The number of ether oxygens (including phenoxy) is 1. The molecule has 1 aliphatic heterocycles. The maximum atomic E-state index is 12.9. The van der Waals surface area contributed by atoms with Crippen LogP contribution in [0.25, 0.3) is 11.4 Å². The molecule has 0 amide bonds. The topological polar surface area (TPSA) is 88.8 Å². The van der Waals surface area contributed by atoms with E-state index in [-0.39, 0.29) is 9.92 Å². The summed E-state index contributed by atoms with van der Waals surface area (Å²) in [5.41, 5.74) is 0.827. The zero-order chi connectivity index (χ0) is 22.0. The monoisotopic (exact) mass is 482 g/mol. The number of hydrogen-bond donors (Lipinski definition) is 0. The second-order valence-corrected chi connectivity index (χ2v) is 9.75. The number of benzene rings is 2. The number of methoxy groups -OCH3 is 1. The number of aromatic nitrogens is 2. The highest BCUT2D eigenvalue weighted by Gasteiger charge is 2.29. The van der Waals surface area contributed by atoms with Gasteiger partial charge in [-0.15, -0.1) is 0 Å². The highest BCUT2D eigenvalue weighted by atomic mass is 35.5. The van der Waals surface area contributed by atoms with Gasteiger partial charge >= 0.3 is 0 Å². The van der Waals surface area contributed by atoms with Crippen molar-refractivity contribution in [3.63, 3.8) is 0 Å². The summed E-state index contributed by atoms with van der Waals surface area (Å²) in [7, 11) is -2.03. The van der Waals surface area contributed by atoms with Crippen LogP contribution in [0.3, 0.4) is 0 Å². The Morgan fingerprint density at radius 1 is 1.03 bits per heavy atom. The molecule has 0 unspecified atom stereocenters. The zero-order valence-electron chi connectivity index (χ0n) is 16.7. The number of sulfonamides is 1. The second kappa shape index (κ2) is 9.13. The SMILES string of the molecule is COc1ccc(-c2noc(CN3CCN(S(=O)(=O)c4ccc(Cl)c(Cl)c4)CC3)n2)cc1. The van der Waals surface area contributed by atoms with Crippen LogP contribution in [0.2, 0.25) is 10.0 Å². The molecule has 2 heterocycles. The Kier molecular flexibility index (Phi) is 6.49. The highest BCUT2D eigenvalue weighted by molar-refractivity contribution is 7.89. The van der Waals surface area contributed by atoms with Crippen molar-refractivity contribution in [2.75, 3.05) is 33.3 Å². The number of nitrogens with zero attached hydrogens (tertiary/aromatic N) is 4. The Hall–Kier alpha value is -2.17. The van der Waals surface area contributed by atoms with E-state index >= 15 is 0 Å². The maximum absolute atomic E-state index is 12.9. The quantitative estimate of drug-likeness (QED) is 0.530. The number of halogens is 2. The van der Waals surface area contributed by atoms with Gasteiger partial charge in [-0.25, -0.2) is 8.42 Å². The van der Waals surface area contributed by atoms with Crippen LogP contribution in [-0.2, 0) is 16.6 Å². The average Bonchev–Trinajstić information content (AvgIpc) is 3.24. The smallest absolute Gasteiger partial charge is 0.243 e. The lowest BCUT2D eigenvalue weighted by molar-refractivity contribution is 0.163. The van der Waals surface area contributed by atoms with Gasteiger partial charge in [0.2, 0.25) is 21.7 Å². The molecule has 31 heavy (non-hydrogen) atoms. The van der Waals surface area contributed by atoms with Gasteiger partial charge in [0.1, 0.15) is 5.75 Å². The first kappa shape index (κ1) is 22.0. The van der Waals surface area contributed by atoms with Crippen LogP contribution < -0.4 is 4.74 Å². The standard InChI is InChI=1S/C20H20Cl2N4O4S/c1-29-15-4-2-14(3-5-15)20-23-19(30-24-20)13-25-8-10-26(11-9-25)31(27,28)16-6-7-17(21)18(22)12-16/h2-7,12H,8-11,13H2,1H3. The average molecular weight is 483 g/mol. The summed E-state index contributed by atoms with van der Waals surface area (Å²) in [6.45, 7) is 2.23. The van der Waals surface area contributed by atoms with Crippen molar-refractivity contribution in [1.29, 1.82) is 0 Å². The Labute approximate surface area is 190 Å². The molecule has 0 atom stereocenters. The molecule has 164 valence electrons. The lowest BCUT2D eigenvalue weighted by Crippen LogP contribution is -2.48. The van der Waals surface area contributed by atoms with Crippen molar-refractivity contribution >= 4 is 33.2 Å². The summed E-state index contributed by atoms with van der Waals surface area (Å²) >= 11 is 11.9. The highest BCUT2D eigenvalue weighted by Crippen LogP contribution is 2.27. The van der Waals surface area contributed by atoms with Crippen molar-refractivity contribution in [1.82, 2.24) is 19.3 Å². The van der Waals surface area contributed by atoms with Crippen molar-refractivity contribution < 1.29 is 17.7 Å². The van der Waals surface area contributed by atoms with Gasteiger partial charge in [0.25, 0.3) is 0 Å². The Bertz CT molecular complexity index is 1160. The Morgan fingerprint density at radius 3 is 2.39 bits per heavy atom. The predicted octanol–water partition coefficient (Wildman–Crippen LogP) is 3.56.